The number of carbonyl (C=O) groups excluding carboxylic acids is 1. The highest BCUT2D eigenvalue weighted by molar-refractivity contribution is 6.07. The van der Waals surface area contributed by atoms with Crippen LogP contribution in [0.4, 0.5) is 5.69 Å². The fourth-order valence-corrected chi connectivity index (χ4v) is 4.98. The lowest BCUT2D eigenvalue weighted by Gasteiger charge is -2.36. The first-order valence-corrected chi connectivity index (χ1v) is 10.9. The predicted octanol–water partition coefficient (Wildman–Crippen LogP) is 3.81. The van der Waals surface area contributed by atoms with Crippen LogP contribution in [0.2, 0.25) is 0 Å². The lowest BCUT2D eigenvalue weighted by Crippen LogP contribution is -2.49. The molecule has 1 saturated carbocycles. The summed E-state index contributed by atoms with van der Waals surface area (Å²) in [6, 6.07) is 14.7. The van der Waals surface area contributed by atoms with Crippen LogP contribution in [-0.4, -0.2) is 40.4 Å². The zero-order valence-electron chi connectivity index (χ0n) is 17.6. The number of nitrogens with zero attached hydrogens (tertiary/aromatic N) is 2. The molecule has 6 nitrogen and oxygen atoms in total. The molecule has 30 heavy (non-hydrogen) atoms. The molecule has 158 valence electrons. The van der Waals surface area contributed by atoms with Gasteiger partial charge in [-0.15, -0.1) is 0 Å². The van der Waals surface area contributed by atoms with Crippen molar-refractivity contribution in [3.05, 3.63) is 60.4 Å². The highest BCUT2D eigenvalue weighted by Gasteiger charge is 2.49. The maximum atomic E-state index is 13.2. The maximum absolute atomic E-state index is 13.2. The Kier molecular flexibility index (Phi) is 6.02. The summed E-state index contributed by atoms with van der Waals surface area (Å²) in [7, 11) is 1.70. The van der Waals surface area contributed by atoms with Crippen LogP contribution in [0.1, 0.15) is 44.1 Å². The first-order chi connectivity index (χ1) is 14.6. The van der Waals surface area contributed by atoms with E-state index in [9.17, 15) is 4.79 Å². The molecule has 3 atom stereocenters. The number of nitrogens with one attached hydrogen (secondary N) is 3. The Morgan fingerprint density at radius 3 is 2.77 bits per heavy atom. The van der Waals surface area contributed by atoms with E-state index < -0.39 is 5.54 Å². The van der Waals surface area contributed by atoms with Crippen LogP contribution in [0.5, 0.6) is 0 Å². The van der Waals surface area contributed by atoms with E-state index in [-0.39, 0.29) is 11.9 Å². The number of benzene rings is 1. The fourth-order valence-electron chi connectivity index (χ4n) is 4.98. The van der Waals surface area contributed by atoms with Gasteiger partial charge < -0.3 is 10.6 Å². The van der Waals surface area contributed by atoms with Crippen LogP contribution in [0, 0.1) is 11.3 Å². The minimum atomic E-state index is -0.678. The van der Waals surface area contributed by atoms with Gasteiger partial charge in [0, 0.05) is 25.5 Å². The smallest absolute Gasteiger partial charge is 0.254 e. The number of hydrogen-bond acceptors (Lipinski definition) is 4. The lowest BCUT2D eigenvalue weighted by atomic mass is 9.75. The Morgan fingerprint density at radius 2 is 2.07 bits per heavy atom. The molecule has 2 fully saturated rings. The van der Waals surface area contributed by atoms with Gasteiger partial charge in [-0.05, 0) is 55.7 Å². The average molecular weight is 406 g/mol. The molecule has 1 aliphatic carbocycles. The SMILES string of the molecule is CN1C(=N)NC(CCc2ccccc2)(C[C@H]2CCC[C@H](Nc3cccnc3)C2)C1=O. The van der Waals surface area contributed by atoms with Crippen molar-refractivity contribution in [1.29, 1.82) is 5.41 Å². The summed E-state index contributed by atoms with van der Waals surface area (Å²) < 4.78 is 0. The molecule has 1 aliphatic heterocycles. The Labute approximate surface area is 178 Å². The number of aromatic nitrogens is 1. The Bertz CT molecular complexity index is 872. The maximum Gasteiger partial charge on any atom is 0.254 e. The van der Waals surface area contributed by atoms with Crippen molar-refractivity contribution < 1.29 is 4.79 Å². The average Bonchev–Trinajstić information content (AvgIpc) is 2.98. The second kappa shape index (κ2) is 8.86. The second-order valence-electron chi connectivity index (χ2n) is 8.73. The number of pyridine rings is 1. The van der Waals surface area contributed by atoms with E-state index in [4.69, 9.17) is 5.41 Å². The first-order valence-electron chi connectivity index (χ1n) is 10.9. The largest absolute Gasteiger partial charge is 0.381 e. The molecule has 1 amide bonds. The van der Waals surface area contributed by atoms with E-state index in [2.05, 4.69) is 33.8 Å². The quantitative estimate of drug-likeness (QED) is 0.654. The number of amides is 1. The molecule has 2 aliphatic rings. The van der Waals surface area contributed by atoms with Crippen molar-refractivity contribution >= 4 is 17.6 Å². The van der Waals surface area contributed by atoms with E-state index in [1.54, 1.807) is 13.2 Å². The monoisotopic (exact) mass is 405 g/mol. The van der Waals surface area contributed by atoms with Gasteiger partial charge in [-0.25, -0.2) is 0 Å². The number of likely N-dealkylation sites (N-methyl/N-ethyl adjacent to an activating group) is 1. The summed E-state index contributed by atoms with van der Waals surface area (Å²) in [6.45, 7) is 0. The van der Waals surface area contributed by atoms with Crippen LogP contribution in [-0.2, 0) is 11.2 Å². The van der Waals surface area contributed by atoms with Crippen molar-refractivity contribution in [3.8, 4) is 0 Å². The normalized spacial score (nSPS) is 26.5. The van der Waals surface area contributed by atoms with Gasteiger partial charge >= 0.3 is 0 Å². The number of aryl methyl sites for hydroxylation is 1. The molecule has 2 heterocycles. The zero-order valence-corrected chi connectivity index (χ0v) is 17.6. The van der Waals surface area contributed by atoms with Gasteiger partial charge in [-0.1, -0.05) is 43.2 Å². The van der Waals surface area contributed by atoms with Gasteiger partial charge in [0.05, 0.1) is 5.69 Å². The van der Waals surface area contributed by atoms with Gasteiger partial charge in [0.15, 0.2) is 5.96 Å². The molecular formula is C24H31N5O. The summed E-state index contributed by atoms with van der Waals surface area (Å²) in [6.07, 6.45) is 10.4. The molecule has 0 spiro atoms. The first kappa shape index (κ1) is 20.4. The number of rotatable bonds is 7. The third kappa shape index (κ3) is 4.48. The molecule has 1 aromatic carbocycles. The molecule has 6 heteroatoms. The number of guanidine groups is 1. The summed E-state index contributed by atoms with van der Waals surface area (Å²) in [4.78, 5) is 18.9. The van der Waals surface area contributed by atoms with Crippen LogP contribution in [0.25, 0.3) is 0 Å². The van der Waals surface area contributed by atoms with E-state index in [1.807, 2.05) is 30.5 Å². The molecule has 4 rings (SSSR count). The summed E-state index contributed by atoms with van der Waals surface area (Å²) in [5.74, 6) is 0.694. The van der Waals surface area contributed by atoms with Gasteiger partial charge in [-0.3, -0.25) is 20.1 Å². The fraction of sp³-hybridized carbons (Fsp3) is 0.458. The van der Waals surface area contributed by atoms with E-state index in [0.29, 0.717) is 18.4 Å². The topological polar surface area (TPSA) is 81.1 Å². The summed E-state index contributed by atoms with van der Waals surface area (Å²) in [5, 5.41) is 15.1. The minimum Gasteiger partial charge on any atom is -0.381 e. The van der Waals surface area contributed by atoms with Crippen LogP contribution in [0.3, 0.4) is 0 Å². The number of anilines is 1. The van der Waals surface area contributed by atoms with Crippen molar-refractivity contribution in [3.63, 3.8) is 0 Å². The van der Waals surface area contributed by atoms with E-state index in [0.717, 1.165) is 44.2 Å². The third-order valence-corrected chi connectivity index (χ3v) is 6.54. The molecule has 3 N–H and O–H groups in total. The summed E-state index contributed by atoms with van der Waals surface area (Å²) >= 11 is 0. The van der Waals surface area contributed by atoms with Gasteiger partial charge in [0.1, 0.15) is 5.54 Å². The van der Waals surface area contributed by atoms with E-state index >= 15 is 0 Å². The third-order valence-electron chi connectivity index (χ3n) is 6.54. The van der Waals surface area contributed by atoms with Crippen LogP contribution >= 0.6 is 0 Å². The van der Waals surface area contributed by atoms with Gasteiger partial charge in [0.25, 0.3) is 5.91 Å². The lowest BCUT2D eigenvalue weighted by molar-refractivity contribution is -0.131. The molecule has 1 saturated heterocycles. The summed E-state index contributed by atoms with van der Waals surface area (Å²) in [5.41, 5.74) is 1.61. The standard InChI is InChI=1S/C24H31N5O/c1-29-22(30)24(28-23(29)25,13-12-18-7-3-2-4-8-18)16-19-9-5-10-20(15-19)27-21-11-6-14-26-17-21/h2-4,6-8,11,14,17,19-20,27H,5,9-10,12-13,15-16H2,1H3,(H2,25,28)/t19-,20-,24?/m0/s1. The molecule has 1 unspecified atom stereocenters. The number of carbonyl (C=O) groups is 1. The van der Waals surface area contributed by atoms with Crippen molar-refractivity contribution in [2.75, 3.05) is 12.4 Å². The van der Waals surface area contributed by atoms with Gasteiger partial charge in [0.2, 0.25) is 0 Å². The van der Waals surface area contributed by atoms with Crippen molar-refractivity contribution in [1.82, 2.24) is 15.2 Å². The predicted molar refractivity (Wildman–Crippen MR) is 119 cm³/mol. The van der Waals surface area contributed by atoms with Crippen LogP contribution < -0.4 is 10.6 Å². The second-order valence-corrected chi connectivity index (χ2v) is 8.73. The number of hydrogen-bond donors (Lipinski definition) is 3. The van der Waals surface area contributed by atoms with E-state index in [1.165, 1.54) is 10.5 Å². The zero-order chi connectivity index (χ0) is 21.0. The van der Waals surface area contributed by atoms with Crippen molar-refractivity contribution in [2.24, 2.45) is 5.92 Å². The highest BCUT2D eigenvalue weighted by atomic mass is 16.2. The molecule has 2 aromatic rings. The molecule has 0 bridgehead atoms. The molecule has 0 radical (unpaired) electrons. The minimum absolute atomic E-state index is 0.0331. The Balaban J connectivity index is 1.46. The van der Waals surface area contributed by atoms with Gasteiger partial charge in [-0.2, -0.15) is 0 Å². The molecular weight excluding hydrogens is 374 g/mol. The Hall–Kier alpha value is -2.89. The van der Waals surface area contributed by atoms with Crippen molar-refractivity contribution in [2.45, 2.75) is 56.5 Å². The molecule has 1 aromatic heterocycles. The Morgan fingerprint density at radius 1 is 1.23 bits per heavy atom. The highest BCUT2D eigenvalue weighted by Crippen LogP contribution is 2.36. The van der Waals surface area contributed by atoms with Crippen LogP contribution in [0.15, 0.2) is 54.9 Å².